The first-order chi connectivity index (χ1) is 17.1. The summed E-state index contributed by atoms with van der Waals surface area (Å²) >= 11 is 0. The predicted octanol–water partition coefficient (Wildman–Crippen LogP) is 6.56. The van der Waals surface area contributed by atoms with Gasteiger partial charge in [-0.1, -0.05) is 106 Å². The van der Waals surface area contributed by atoms with Crippen LogP contribution in [0.3, 0.4) is 0 Å². The van der Waals surface area contributed by atoms with Gasteiger partial charge in [-0.05, 0) is 43.1 Å². The van der Waals surface area contributed by atoms with Crippen molar-refractivity contribution in [2.75, 3.05) is 27.4 Å². The Morgan fingerprint density at radius 1 is 0.686 bits per heavy atom. The van der Waals surface area contributed by atoms with E-state index in [9.17, 15) is 0 Å². The summed E-state index contributed by atoms with van der Waals surface area (Å²) in [4.78, 5) is 0. The number of rotatable bonds is 13. The zero-order valence-electron chi connectivity index (χ0n) is 22.8. The molecule has 0 atom stereocenters. The SMILES string of the molecule is CCCCC[Si](OCC)(OCC)C1CCCCC1.CO[Si](OC)(c1ccccc1)c1ccccc1. The van der Waals surface area contributed by atoms with Crippen molar-refractivity contribution in [3.63, 3.8) is 0 Å². The summed E-state index contributed by atoms with van der Waals surface area (Å²) in [6.07, 6.45) is 10.8. The van der Waals surface area contributed by atoms with Gasteiger partial charge in [-0.15, -0.1) is 0 Å². The van der Waals surface area contributed by atoms with E-state index >= 15 is 0 Å². The molecule has 2 aromatic carbocycles. The second-order valence-electron chi connectivity index (χ2n) is 9.23. The van der Waals surface area contributed by atoms with Crippen molar-refractivity contribution < 1.29 is 17.7 Å². The average Bonchev–Trinajstić information content (AvgIpc) is 2.92. The minimum atomic E-state index is -2.50. The monoisotopic (exact) mass is 516 g/mol. The van der Waals surface area contributed by atoms with Crippen LogP contribution in [-0.2, 0) is 17.7 Å². The lowest BCUT2D eigenvalue weighted by Crippen LogP contribution is -2.62. The van der Waals surface area contributed by atoms with E-state index in [1.54, 1.807) is 14.2 Å². The number of benzene rings is 2. The van der Waals surface area contributed by atoms with Gasteiger partial charge in [-0.25, -0.2) is 0 Å². The molecule has 0 N–H and O–H groups in total. The molecule has 0 saturated heterocycles. The average molecular weight is 517 g/mol. The number of hydrogen-bond donors (Lipinski definition) is 0. The molecule has 1 fully saturated rings. The van der Waals surface area contributed by atoms with Gasteiger partial charge in [0.2, 0.25) is 0 Å². The Kier molecular flexibility index (Phi) is 14.1. The largest absolute Gasteiger partial charge is 0.406 e. The van der Waals surface area contributed by atoms with Gasteiger partial charge in [-0.3, -0.25) is 0 Å². The highest BCUT2D eigenvalue weighted by molar-refractivity contribution is 6.92. The summed E-state index contributed by atoms with van der Waals surface area (Å²) in [6, 6.07) is 21.5. The maximum atomic E-state index is 6.27. The smallest absolute Gasteiger partial charge is 0.394 e. The Morgan fingerprint density at radius 2 is 1.17 bits per heavy atom. The molecule has 6 heteroatoms. The van der Waals surface area contributed by atoms with E-state index in [1.165, 1.54) is 57.4 Å². The molecule has 0 aliphatic heterocycles. The first-order valence-corrected chi connectivity index (χ1v) is 17.5. The molecule has 0 unspecified atom stereocenters. The van der Waals surface area contributed by atoms with Crippen LogP contribution in [0.1, 0.15) is 72.1 Å². The van der Waals surface area contributed by atoms with E-state index in [0.29, 0.717) is 0 Å². The van der Waals surface area contributed by atoms with Gasteiger partial charge >= 0.3 is 17.1 Å². The molecule has 1 aliphatic carbocycles. The van der Waals surface area contributed by atoms with E-state index in [-0.39, 0.29) is 0 Å². The lowest BCUT2D eigenvalue weighted by atomic mass is 10.0. The molecule has 1 aliphatic rings. The van der Waals surface area contributed by atoms with Gasteiger partial charge in [0.15, 0.2) is 0 Å². The molecular weight excluding hydrogens is 468 g/mol. The van der Waals surface area contributed by atoms with Crippen LogP contribution in [0.5, 0.6) is 0 Å². The van der Waals surface area contributed by atoms with E-state index in [2.05, 4.69) is 45.0 Å². The predicted molar refractivity (Wildman–Crippen MR) is 152 cm³/mol. The Hall–Kier alpha value is -1.29. The van der Waals surface area contributed by atoms with Gasteiger partial charge in [0.05, 0.1) is 0 Å². The van der Waals surface area contributed by atoms with Crippen LogP contribution in [-0.4, -0.2) is 44.6 Å². The van der Waals surface area contributed by atoms with Gasteiger partial charge < -0.3 is 17.7 Å². The summed E-state index contributed by atoms with van der Waals surface area (Å²) in [5, 5.41) is 2.24. The van der Waals surface area contributed by atoms with Crippen LogP contribution in [0, 0.1) is 0 Å². The van der Waals surface area contributed by atoms with Crippen LogP contribution in [0.15, 0.2) is 60.7 Å². The van der Waals surface area contributed by atoms with Crippen LogP contribution in [0.25, 0.3) is 0 Å². The van der Waals surface area contributed by atoms with Crippen molar-refractivity contribution >= 4 is 27.5 Å². The molecule has 2 aromatic rings. The van der Waals surface area contributed by atoms with Crippen LogP contribution < -0.4 is 10.4 Å². The third-order valence-corrected chi connectivity index (χ3v) is 14.8. The van der Waals surface area contributed by atoms with Crippen LogP contribution in [0.2, 0.25) is 11.6 Å². The Balaban J connectivity index is 0.000000247. The Labute approximate surface area is 216 Å². The number of hydrogen-bond acceptors (Lipinski definition) is 4. The first kappa shape index (κ1) is 29.9. The number of unbranched alkanes of at least 4 members (excludes halogenated alkanes) is 2. The second-order valence-corrected chi connectivity index (χ2v) is 15.9. The molecule has 196 valence electrons. The van der Waals surface area contributed by atoms with E-state index in [0.717, 1.165) is 29.1 Å². The highest BCUT2D eigenvalue weighted by atomic mass is 28.4. The summed E-state index contributed by atoms with van der Waals surface area (Å²) in [7, 11) is -0.992. The van der Waals surface area contributed by atoms with E-state index in [4.69, 9.17) is 17.7 Å². The molecular formula is C29H48O4Si2. The molecule has 0 aromatic heterocycles. The third-order valence-electron chi connectivity index (χ3n) is 7.02. The van der Waals surface area contributed by atoms with Gasteiger partial charge in [0, 0.05) is 33.0 Å². The summed E-state index contributed by atoms with van der Waals surface area (Å²) in [6.45, 7) is 8.18. The lowest BCUT2D eigenvalue weighted by molar-refractivity contribution is 0.163. The zero-order valence-corrected chi connectivity index (χ0v) is 24.8. The van der Waals surface area contributed by atoms with Crippen LogP contribution in [0.4, 0.5) is 0 Å². The lowest BCUT2D eigenvalue weighted by Gasteiger charge is -2.39. The highest BCUT2D eigenvalue weighted by Gasteiger charge is 2.45. The minimum absolute atomic E-state index is 0.753. The fraction of sp³-hybridized carbons (Fsp3) is 0.586. The Morgan fingerprint density at radius 3 is 1.57 bits per heavy atom. The molecule has 35 heavy (non-hydrogen) atoms. The third kappa shape index (κ3) is 8.37. The van der Waals surface area contributed by atoms with Crippen molar-refractivity contribution in [2.24, 2.45) is 0 Å². The van der Waals surface area contributed by atoms with Crippen molar-refractivity contribution in [1.82, 2.24) is 0 Å². The van der Waals surface area contributed by atoms with Gasteiger partial charge in [0.25, 0.3) is 0 Å². The van der Waals surface area contributed by atoms with Crippen molar-refractivity contribution in [2.45, 2.75) is 83.7 Å². The minimum Gasteiger partial charge on any atom is -0.394 e. The normalized spacial score (nSPS) is 14.9. The fourth-order valence-electron chi connectivity index (χ4n) is 5.31. The fourth-order valence-corrected chi connectivity index (χ4v) is 12.3. The summed E-state index contributed by atoms with van der Waals surface area (Å²) < 4.78 is 24.1. The zero-order chi connectivity index (χ0) is 25.4. The molecule has 4 nitrogen and oxygen atoms in total. The molecule has 1 saturated carbocycles. The van der Waals surface area contributed by atoms with Gasteiger partial charge in [-0.2, -0.15) is 0 Å². The summed E-state index contributed by atoms with van der Waals surface area (Å²) in [5.41, 5.74) is 0.753. The molecule has 0 heterocycles. The maximum absolute atomic E-state index is 6.27. The topological polar surface area (TPSA) is 36.9 Å². The van der Waals surface area contributed by atoms with Crippen molar-refractivity contribution in [3.8, 4) is 0 Å². The second kappa shape index (κ2) is 16.5. The standard InChI is InChI=1S/C15H32O2Si.C14H16O2Si/c1-4-7-11-14-18(16-5-2,17-6-3)15-12-9-8-10-13-15;1-15-17(16-2,13-9-5-3-6-10-13)14-11-7-4-8-12-14/h15H,4-14H2,1-3H3;3-12H,1-2H3. The van der Waals surface area contributed by atoms with Crippen LogP contribution >= 0.6 is 0 Å². The van der Waals surface area contributed by atoms with E-state index < -0.39 is 17.1 Å². The molecule has 0 bridgehead atoms. The van der Waals surface area contributed by atoms with Gasteiger partial charge in [0.1, 0.15) is 0 Å². The molecule has 3 rings (SSSR count). The quantitative estimate of drug-likeness (QED) is 0.223. The molecule has 0 amide bonds. The van der Waals surface area contributed by atoms with E-state index in [1.807, 2.05) is 36.4 Å². The maximum Gasteiger partial charge on any atom is 0.406 e. The van der Waals surface area contributed by atoms with Crippen molar-refractivity contribution in [3.05, 3.63) is 60.7 Å². The molecule has 0 radical (unpaired) electrons. The first-order valence-electron chi connectivity index (χ1n) is 13.6. The van der Waals surface area contributed by atoms with Crippen molar-refractivity contribution in [1.29, 1.82) is 0 Å². The highest BCUT2D eigenvalue weighted by Crippen LogP contribution is 2.41. The summed E-state index contributed by atoms with van der Waals surface area (Å²) in [5.74, 6) is 0. The molecule has 0 spiro atoms. The Bertz CT molecular complexity index is 730.